The number of ether oxygens (including phenoxy) is 3. The maximum atomic E-state index is 12.3. The summed E-state index contributed by atoms with van der Waals surface area (Å²) in [5.41, 5.74) is 4.51. The zero-order valence-corrected chi connectivity index (χ0v) is 19.9. The smallest absolute Gasteiger partial charge is 0.228 e. The lowest BCUT2D eigenvalue weighted by molar-refractivity contribution is -0.115. The summed E-state index contributed by atoms with van der Waals surface area (Å²) in [6.45, 7) is 0.477. The number of methoxy groups -OCH3 is 2. The largest absolute Gasteiger partial charge is 0.493 e. The van der Waals surface area contributed by atoms with Gasteiger partial charge >= 0.3 is 0 Å². The highest BCUT2D eigenvalue weighted by atomic mass is 32.1. The van der Waals surface area contributed by atoms with Crippen molar-refractivity contribution in [2.75, 3.05) is 26.1 Å². The Kier molecular flexibility index (Phi) is 7.78. The molecular weight excluding hydrogens is 448 g/mol. The quantitative estimate of drug-likeness (QED) is 0.323. The summed E-state index contributed by atoms with van der Waals surface area (Å²) in [6.07, 6.45) is 1.06. The Labute approximate surface area is 203 Å². The topological polar surface area (TPSA) is 69.7 Å². The van der Waals surface area contributed by atoms with Crippen LogP contribution in [0.3, 0.4) is 0 Å². The number of hydrogen-bond donors (Lipinski definition) is 1. The van der Waals surface area contributed by atoms with Gasteiger partial charge in [-0.3, -0.25) is 4.79 Å². The van der Waals surface area contributed by atoms with Crippen molar-refractivity contribution in [3.8, 4) is 28.6 Å². The van der Waals surface area contributed by atoms with Gasteiger partial charge in [0.15, 0.2) is 11.5 Å². The van der Waals surface area contributed by atoms with Crippen LogP contribution in [0.2, 0.25) is 0 Å². The number of nitrogens with one attached hydrogen (secondary N) is 1. The minimum Gasteiger partial charge on any atom is -0.493 e. The second-order valence-corrected chi connectivity index (χ2v) is 8.37. The molecule has 0 fully saturated rings. The van der Waals surface area contributed by atoms with Crippen molar-refractivity contribution in [1.29, 1.82) is 0 Å². The standard InChI is InChI=1S/C27H26N2O4S/c1-31-24-10-9-19(15-25(24)32-2)11-13-33-27-8-4-7-23(29-27)21-5-3-6-22(17-21)28-26(30)16-20-12-14-34-18-20/h3-10,12,14-15,17-18H,11,13,16H2,1-2H3,(H,28,30). The molecule has 34 heavy (non-hydrogen) atoms. The molecule has 0 saturated carbocycles. The number of thiophene rings is 1. The fraction of sp³-hybridized carbons (Fsp3) is 0.185. The van der Waals surface area contributed by atoms with Crippen LogP contribution >= 0.6 is 11.3 Å². The van der Waals surface area contributed by atoms with Crippen molar-refractivity contribution in [2.24, 2.45) is 0 Å². The maximum Gasteiger partial charge on any atom is 0.228 e. The van der Waals surface area contributed by atoms with Gasteiger partial charge in [0.05, 0.1) is 32.9 Å². The number of pyridine rings is 1. The molecule has 0 spiro atoms. The number of benzene rings is 2. The molecule has 0 aliphatic rings. The van der Waals surface area contributed by atoms with Crippen LogP contribution in [0.1, 0.15) is 11.1 Å². The van der Waals surface area contributed by atoms with E-state index in [0.29, 0.717) is 36.8 Å². The third-order valence-electron chi connectivity index (χ3n) is 5.20. The van der Waals surface area contributed by atoms with Gasteiger partial charge in [0.25, 0.3) is 0 Å². The number of carbonyl (C=O) groups is 1. The van der Waals surface area contributed by atoms with Gasteiger partial charge in [-0.1, -0.05) is 24.3 Å². The summed E-state index contributed by atoms with van der Waals surface area (Å²) in [6, 6.07) is 21.1. The Hall–Kier alpha value is -3.84. The minimum absolute atomic E-state index is 0.0456. The summed E-state index contributed by atoms with van der Waals surface area (Å²) in [5, 5.41) is 6.92. The molecule has 7 heteroatoms. The molecule has 1 amide bonds. The van der Waals surface area contributed by atoms with E-state index >= 15 is 0 Å². The average Bonchev–Trinajstić information content (AvgIpc) is 3.37. The SMILES string of the molecule is COc1ccc(CCOc2cccc(-c3cccc(NC(=O)Cc4ccsc4)c3)n2)cc1OC. The highest BCUT2D eigenvalue weighted by molar-refractivity contribution is 7.08. The number of hydrogen-bond acceptors (Lipinski definition) is 6. The Morgan fingerprint density at radius 3 is 2.59 bits per heavy atom. The van der Waals surface area contributed by atoms with Crippen molar-refractivity contribution in [3.63, 3.8) is 0 Å². The van der Waals surface area contributed by atoms with Crippen LogP contribution in [0.15, 0.2) is 77.5 Å². The summed E-state index contributed by atoms with van der Waals surface area (Å²) in [4.78, 5) is 17.0. The van der Waals surface area contributed by atoms with Crippen LogP contribution in [0, 0.1) is 0 Å². The van der Waals surface area contributed by atoms with Gasteiger partial charge in [-0.15, -0.1) is 0 Å². The minimum atomic E-state index is -0.0456. The van der Waals surface area contributed by atoms with Gasteiger partial charge < -0.3 is 19.5 Å². The van der Waals surface area contributed by atoms with E-state index in [0.717, 1.165) is 28.1 Å². The van der Waals surface area contributed by atoms with Crippen molar-refractivity contribution in [3.05, 3.63) is 88.6 Å². The van der Waals surface area contributed by atoms with E-state index in [1.165, 1.54) is 0 Å². The zero-order valence-electron chi connectivity index (χ0n) is 19.1. The molecule has 2 heterocycles. The molecule has 0 aliphatic heterocycles. The molecule has 2 aromatic heterocycles. The molecule has 0 unspecified atom stereocenters. The van der Waals surface area contributed by atoms with Gasteiger partial charge in [-0.2, -0.15) is 11.3 Å². The highest BCUT2D eigenvalue weighted by Gasteiger charge is 2.08. The molecule has 2 aromatic carbocycles. The van der Waals surface area contributed by atoms with E-state index < -0.39 is 0 Å². The summed E-state index contributed by atoms with van der Waals surface area (Å²) in [5.74, 6) is 1.90. The number of nitrogens with zero attached hydrogens (tertiary/aromatic N) is 1. The van der Waals surface area contributed by atoms with Crippen LogP contribution in [0.25, 0.3) is 11.3 Å². The van der Waals surface area contributed by atoms with Gasteiger partial charge in [0, 0.05) is 23.7 Å². The average molecular weight is 475 g/mol. The molecule has 4 aromatic rings. The van der Waals surface area contributed by atoms with Crippen LogP contribution in [0.4, 0.5) is 5.69 Å². The lowest BCUT2D eigenvalue weighted by Gasteiger charge is -2.11. The molecular formula is C27H26N2O4S. The Balaban J connectivity index is 1.37. The third-order valence-corrected chi connectivity index (χ3v) is 5.93. The molecule has 0 saturated heterocycles. The molecule has 0 bridgehead atoms. The van der Waals surface area contributed by atoms with Crippen LogP contribution < -0.4 is 19.5 Å². The number of aromatic nitrogens is 1. The van der Waals surface area contributed by atoms with Crippen LogP contribution in [-0.4, -0.2) is 31.7 Å². The van der Waals surface area contributed by atoms with E-state index in [1.807, 2.05) is 77.5 Å². The van der Waals surface area contributed by atoms with Crippen molar-refractivity contribution < 1.29 is 19.0 Å². The van der Waals surface area contributed by atoms with E-state index in [4.69, 9.17) is 14.2 Å². The molecule has 0 atom stereocenters. The fourth-order valence-corrected chi connectivity index (χ4v) is 4.17. The van der Waals surface area contributed by atoms with Crippen molar-refractivity contribution in [1.82, 2.24) is 4.98 Å². The number of carbonyl (C=O) groups excluding carboxylic acids is 1. The third kappa shape index (κ3) is 6.14. The first kappa shape index (κ1) is 23.3. The molecule has 0 aliphatic carbocycles. The second-order valence-electron chi connectivity index (χ2n) is 7.59. The molecule has 174 valence electrons. The maximum absolute atomic E-state index is 12.3. The zero-order chi connectivity index (χ0) is 23.8. The summed E-state index contributed by atoms with van der Waals surface area (Å²) < 4.78 is 16.5. The molecule has 0 radical (unpaired) electrons. The van der Waals surface area contributed by atoms with E-state index in [9.17, 15) is 4.79 Å². The Morgan fingerprint density at radius 1 is 0.941 bits per heavy atom. The normalized spacial score (nSPS) is 10.5. The molecule has 1 N–H and O–H groups in total. The molecule has 6 nitrogen and oxygen atoms in total. The van der Waals surface area contributed by atoms with Gasteiger partial charge in [0.1, 0.15) is 0 Å². The lowest BCUT2D eigenvalue weighted by atomic mass is 10.1. The first-order valence-electron chi connectivity index (χ1n) is 10.9. The van der Waals surface area contributed by atoms with Crippen LogP contribution in [-0.2, 0) is 17.6 Å². The number of rotatable bonds is 10. The van der Waals surface area contributed by atoms with Crippen molar-refractivity contribution in [2.45, 2.75) is 12.8 Å². The first-order chi connectivity index (χ1) is 16.6. The predicted molar refractivity (Wildman–Crippen MR) is 135 cm³/mol. The Morgan fingerprint density at radius 2 is 1.79 bits per heavy atom. The predicted octanol–water partition coefficient (Wildman–Crippen LogP) is 5.63. The lowest BCUT2D eigenvalue weighted by Crippen LogP contribution is -2.13. The first-order valence-corrected chi connectivity index (χ1v) is 11.8. The number of anilines is 1. The van der Waals surface area contributed by atoms with Gasteiger partial charge in [0.2, 0.25) is 11.8 Å². The van der Waals surface area contributed by atoms with Gasteiger partial charge in [-0.05, 0) is 58.3 Å². The number of amides is 1. The fourth-order valence-electron chi connectivity index (χ4n) is 3.51. The van der Waals surface area contributed by atoms with E-state index in [1.54, 1.807) is 25.6 Å². The summed E-state index contributed by atoms with van der Waals surface area (Å²) in [7, 11) is 3.24. The molecule has 4 rings (SSSR count). The summed E-state index contributed by atoms with van der Waals surface area (Å²) >= 11 is 1.59. The van der Waals surface area contributed by atoms with E-state index in [-0.39, 0.29) is 5.91 Å². The van der Waals surface area contributed by atoms with E-state index in [2.05, 4.69) is 10.3 Å². The highest BCUT2D eigenvalue weighted by Crippen LogP contribution is 2.28. The monoisotopic (exact) mass is 474 g/mol. The van der Waals surface area contributed by atoms with Gasteiger partial charge in [-0.25, -0.2) is 4.98 Å². The Bertz CT molecular complexity index is 1240. The van der Waals surface area contributed by atoms with Crippen molar-refractivity contribution >= 4 is 22.9 Å². The van der Waals surface area contributed by atoms with Crippen LogP contribution in [0.5, 0.6) is 17.4 Å². The second kappa shape index (κ2) is 11.3.